The molecular formula is C14H19BrN2O. The van der Waals surface area contributed by atoms with E-state index in [0.29, 0.717) is 0 Å². The van der Waals surface area contributed by atoms with Gasteiger partial charge in [-0.15, -0.1) is 0 Å². The molecule has 3 rings (SSSR count). The maximum Gasteiger partial charge on any atom is 0.134 e. The molecule has 4 heteroatoms. The first-order valence-corrected chi connectivity index (χ1v) is 7.46. The largest absolute Gasteiger partial charge is 0.496 e. The topological polar surface area (TPSA) is 24.5 Å². The van der Waals surface area contributed by atoms with Crippen LogP contribution < -0.4 is 5.32 Å². The molecule has 1 saturated carbocycles. The number of hydrogen-bond acceptors (Lipinski definition) is 3. The zero-order chi connectivity index (χ0) is 12.5. The molecule has 0 saturated heterocycles. The molecular weight excluding hydrogens is 292 g/mol. The minimum Gasteiger partial charge on any atom is -0.496 e. The van der Waals surface area contributed by atoms with Gasteiger partial charge < -0.3 is 15.0 Å². The summed E-state index contributed by atoms with van der Waals surface area (Å²) in [5.41, 5.74) is 1.39. The molecule has 1 fully saturated rings. The van der Waals surface area contributed by atoms with E-state index in [1.807, 2.05) is 0 Å². The first-order valence-electron chi connectivity index (χ1n) is 6.67. The second kappa shape index (κ2) is 5.00. The number of nitrogens with zero attached hydrogens (tertiary/aromatic N) is 1. The van der Waals surface area contributed by atoms with Crippen LogP contribution in [0.25, 0.3) is 0 Å². The normalized spacial score (nSPS) is 28.0. The van der Waals surface area contributed by atoms with E-state index in [2.05, 4.69) is 44.6 Å². The summed E-state index contributed by atoms with van der Waals surface area (Å²) in [5, 5.41) is 3.61. The molecule has 1 atom stereocenters. The number of methoxy groups -OCH3 is 1. The second-order valence-corrected chi connectivity index (χ2v) is 6.02. The van der Waals surface area contributed by atoms with Gasteiger partial charge in [-0.2, -0.15) is 0 Å². The lowest BCUT2D eigenvalue weighted by Gasteiger charge is -2.26. The van der Waals surface area contributed by atoms with Crippen molar-refractivity contribution in [2.45, 2.75) is 38.3 Å². The van der Waals surface area contributed by atoms with Gasteiger partial charge in [0, 0.05) is 30.1 Å². The number of nitrogens with one attached hydrogen (secondary N) is 1. The summed E-state index contributed by atoms with van der Waals surface area (Å²) in [7, 11) is 1.71. The quantitative estimate of drug-likeness (QED) is 0.846. The van der Waals surface area contributed by atoms with E-state index in [0.717, 1.165) is 16.2 Å². The fraction of sp³-hybridized carbons (Fsp3) is 0.571. The molecule has 98 valence electrons. The Kier molecular flexibility index (Phi) is 3.37. The van der Waals surface area contributed by atoms with Crippen molar-refractivity contribution in [3.63, 3.8) is 0 Å². The lowest BCUT2D eigenvalue weighted by molar-refractivity contribution is 0.286. The predicted octanol–water partition coefficient (Wildman–Crippen LogP) is 3.42. The SMILES string of the molecule is COC1=CC2NC(C3CCCCC3)=CN2C=C1Br. The van der Waals surface area contributed by atoms with Crippen molar-refractivity contribution < 1.29 is 4.74 Å². The molecule has 0 aromatic rings. The number of hydrogen-bond donors (Lipinski definition) is 1. The molecule has 3 aliphatic rings. The van der Waals surface area contributed by atoms with Gasteiger partial charge >= 0.3 is 0 Å². The van der Waals surface area contributed by atoms with Crippen molar-refractivity contribution in [2.24, 2.45) is 5.92 Å². The fourth-order valence-corrected chi connectivity index (χ4v) is 3.52. The van der Waals surface area contributed by atoms with Crippen LogP contribution in [0.4, 0.5) is 0 Å². The molecule has 1 N–H and O–H groups in total. The Morgan fingerprint density at radius 1 is 1.28 bits per heavy atom. The van der Waals surface area contributed by atoms with Gasteiger partial charge in [0.25, 0.3) is 0 Å². The van der Waals surface area contributed by atoms with Gasteiger partial charge in [-0.25, -0.2) is 0 Å². The summed E-state index contributed by atoms with van der Waals surface area (Å²) >= 11 is 3.54. The van der Waals surface area contributed by atoms with E-state index in [1.54, 1.807) is 7.11 Å². The first kappa shape index (κ1) is 12.2. The molecule has 3 nitrogen and oxygen atoms in total. The van der Waals surface area contributed by atoms with E-state index < -0.39 is 0 Å². The number of fused-ring (bicyclic) bond motifs is 1. The molecule has 2 aliphatic heterocycles. The van der Waals surface area contributed by atoms with Crippen LogP contribution in [-0.2, 0) is 4.74 Å². The number of allylic oxidation sites excluding steroid dienone is 2. The van der Waals surface area contributed by atoms with E-state index >= 15 is 0 Å². The second-order valence-electron chi connectivity index (χ2n) is 5.17. The Balaban J connectivity index is 1.75. The zero-order valence-corrected chi connectivity index (χ0v) is 12.2. The highest BCUT2D eigenvalue weighted by Crippen LogP contribution is 2.34. The Morgan fingerprint density at radius 2 is 2.06 bits per heavy atom. The summed E-state index contributed by atoms with van der Waals surface area (Å²) in [4.78, 5) is 2.22. The average molecular weight is 311 g/mol. The third kappa shape index (κ3) is 2.18. The van der Waals surface area contributed by atoms with Gasteiger partial charge in [0.2, 0.25) is 0 Å². The van der Waals surface area contributed by atoms with Crippen LogP contribution in [0.5, 0.6) is 0 Å². The smallest absolute Gasteiger partial charge is 0.134 e. The van der Waals surface area contributed by atoms with Gasteiger partial charge in [0.15, 0.2) is 0 Å². The van der Waals surface area contributed by atoms with E-state index in [-0.39, 0.29) is 6.17 Å². The molecule has 1 unspecified atom stereocenters. The van der Waals surface area contributed by atoms with Gasteiger partial charge in [-0.1, -0.05) is 19.3 Å². The van der Waals surface area contributed by atoms with Crippen molar-refractivity contribution in [1.29, 1.82) is 0 Å². The van der Waals surface area contributed by atoms with Crippen LogP contribution in [0, 0.1) is 5.92 Å². The highest BCUT2D eigenvalue weighted by molar-refractivity contribution is 9.11. The zero-order valence-electron chi connectivity index (χ0n) is 10.7. The minimum absolute atomic E-state index is 0.221. The Bertz CT molecular complexity index is 422. The lowest BCUT2D eigenvalue weighted by atomic mass is 9.87. The molecule has 0 bridgehead atoms. The number of halogens is 1. The van der Waals surface area contributed by atoms with E-state index in [4.69, 9.17) is 4.74 Å². The fourth-order valence-electron chi connectivity index (χ4n) is 2.99. The van der Waals surface area contributed by atoms with Crippen LogP contribution in [0.1, 0.15) is 32.1 Å². The molecule has 0 aromatic heterocycles. The highest BCUT2D eigenvalue weighted by Gasteiger charge is 2.30. The molecule has 2 heterocycles. The molecule has 1 aliphatic carbocycles. The van der Waals surface area contributed by atoms with Crippen LogP contribution in [0.2, 0.25) is 0 Å². The monoisotopic (exact) mass is 310 g/mol. The van der Waals surface area contributed by atoms with Crippen molar-refractivity contribution >= 4 is 15.9 Å². The van der Waals surface area contributed by atoms with E-state index in [9.17, 15) is 0 Å². The van der Waals surface area contributed by atoms with Crippen LogP contribution in [-0.4, -0.2) is 18.2 Å². The van der Waals surface area contributed by atoms with Crippen LogP contribution in [0.3, 0.4) is 0 Å². The van der Waals surface area contributed by atoms with Crippen molar-refractivity contribution in [1.82, 2.24) is 10.2 Å². The standard InChI is InChI=1S/C14H19BrN2O/c1-18-13-7-14-16-12(9-17(14)8-11(13)15)10-5-3-2-4-6-10/h7-10,14,16H,2-6H2,1H3. The van der Waals surface area contributed by atoms with Crippen molar-refractivity contribution in [2.75, 3.05) is 7.11 Å². The van der Waals surface area contributed by atoms with Gasteiger partial charge in [-0.05, 0) is 28.8 Å². The Morgan fingerprint density at radius 3 is 2.78 bits per heavy atom. The van der Waals surface area contributed by atoms with Crippen molar-refractivity contribution in [3.8, 4) is 0 Å². The van der Waals surface area contributed by atoms with Gasteiger partial charge in [0.1, 0.15) is 11.9 Å². The molecule has 0 amide bonds. The third-order valence-electron chi connectivity index (χ3n) is 4.00. The van der Waals surface area contributed by atoms with E-state index in [1.165, 1.54) is 37.8 Å². The van der Waals surface area contributed by atoms with Gasteiger partial charge in [-0.3, -0.25) is 0 Å². The molecule has 0 aromatic carbocycles. The number of rotatable bonds is 2. The minimum atomic E-state index is 0.221. The van der Waals surface area contributed by atoms with Gasteiger partial charge in [0.05, 0.1) is 11.6 Å². The maximum atomic E-state index is 5.35. The third-order valence-corrected chi connectivity index (χ3v) is 4.59. The van der Waals surface area contributed by atoms with Crippen molar-refractivity contribution in [3.05, 3.63) is 34.4 Å². The highest BCUT2D eigenvalue weighted by atomic mass is 79.9. The summed E-state index contributed by atoms with van der Waals surface area (Å²) in [6, 6.07) is 0. The summed E-state index contributed by atoms with van der Waals surface area (Å²) in [6.45, 7) is 0. The molecule has 18 heavy (non-hydrogen) atoms. The average Bonchev–Trinajstić information content (AvgIpc) is 2.81. The first-order chi connectivity index (χ1) is 8.78. The summed E-state index contributed by atoms with van der Waals surface area (Å²) < 4.78 is 6.35. The lowest BCUT2D eigenvalue weighted by Crippen LogP contribution is -2.34. The predicted molar refractivity (Wildman–Crippen MR) is 75.5 cm³/mol. The van der Waals surface area contributed by atoms with Crippen LogP contribution >= 0.6 is 15.9 Å². The molecule has 0 spiro atoms. The summed E-state index contributed by atoms with van der Waals surface area (Å²) in [6.07, 6.45) is 13.5. The maximum absolute atomic E-state index is 5.35. The van der Waals surface area contributed by atoms with Crippen LogP contribution in [0.15, 0.2) is 34.4 Å². The Hall–Kier alpha value is -0.900. The number of ether oxygens (including phenoxy) is 1. The Labute approximate surface area is 117 Å². The molecule has 0 radical (unpaired) electrons. The summed E-state index contributed by atoms with van der Waals surface area (Å²) in [5.74, 6) is 1.62.